The minimum atomic E-state index is 0.498. The first kappa shape index (κ1) is 13.4. The van der Waals surface area contributed by atoms with Crippen LogP contribution in [-0.4, -0.2) is 13.7 Å². The fraction of sp³-hybridized carbons (Fsp3) is 0.625. The van der Waals surface area contributed by atoms with Crippen molar-refractivity contribution >= 4 is 0 Å². The molecule has 0 bridgehead atoms. The molecule has 100 valence electrons. The number of nitrogens with one attached hydrogen (secondary N) is 1. The molecular formula is C16H25NO. The predicted molar refractivity (Wildman–Crippen MR) is 76.3 cm³/mol. The number of hydrogen-bond acceptors (Lipinski definition) is 2. The Morgan fingerprint density at radius 1 is 1.33 bits per heavy atom. The molecule has 2 rings (SSSR count). The summed E-state index contributed by atoms with van der Waals surface area (Å²) in [5.41, 5.74) is 4.10. The second-order valence-electron chi connectivity index (χ2n) is 5.91. The lowest BCUT2D eigenvalue weighted by atomic mass is 9.91. The van der Waals surface area contributed by atoms with Gasteiger partial charge in [0.15, 0.2) is 0 Å². The average molecular weight is 247 g/mol. The van der Waals surface area contributed by atoms with E-state index in [9.17, 15) is 0 Å². The van der Waals surface area contributed by atoms with Gasteiger partial charge in [-0.3, -0.25) is 0 Å². The van der Waals surface area contributed by atoms with Gasteiger partial charge in [0.05, 0.1) is 7.11 Å². The first-order chi connectivity index (χ1) is 8.52. The zero-order valence-corrected chi connectivity index (χ0v) is 12.2. The topological polar surface area (TPSA) is 21.3 Å². The highest BCUT2D eigenvalue weighted by molar-refractivity contribution is 5.45. The summed E-state index contributed by atoms with van der Waals surface area (Å²) in [5.74, 6) is 2.30. The number of methoxy groups -OCH3 is 1. The molecule has 1 heterocycles. The lowest BCUT2D eigenvalue weighted by Crippen LogP contribution is -2.15. The number of hydrogen-bond donors (Lipinski definition) is 1. The summed E-state index contributed by atoms with van der Waals surface area (Å²) < 4.78 is 5.51. The van der Waals surface area contributed by atoms with Crippen molar-refractivity contribution in [1.29, 1.82) is 0 Å². The highest BCUT2D eigenvalue weighted by atomic mass is 16.5. The quantitative estimate of drug-likeness (QED) is 0.877. The minimum Gasteiger partial charge on any atom is -0.496 e. The molecule has 1 saturated heterocycles. The molecule has 0 radical (unpaired) electrons. The van der Waals surface area contributed by atoms with Gasteiger partial charge in [-0.25, -0.2) is 0 Å². The fourth-order valence-corrected chi connectivity index (χ4v) is 2.87. The van der Waals surface area contributed by atoms with E-state index in [-0.39, 0.29) is 0 Å². The first-order valence-electron chi connectivity index (χ1n) is 6.94. The highest BCUT2D eigenvalue weighted by Gasteiger charge is 2.24. The van der Waals surface area contributed by atoms with Crippen LogP contribution in [0.15, 0.2) is 12.1 Å². The van der Waals surface area contributed by atoms with E-state index in [4.69, 9.17) is 4.74 Å². The molecule has 18 heavy (non-hydrogen) atoms. The third-order valence-corrected chi connectivity index (χ3v) is 3.97. The largest absolute Gasteiger partial charge is 0.496 e. The second kappa shape index (κ2) is 5.31. The van der Waals surface area contributed by atoms with Crippen molar-refractivity contribution in [1.82, 2.24) is 5.32 Å². The van der Waals surface area contributed by atoms with Gasteiger partial charge in [-0.15, -0.1) is 0 Å². The molecule has 0 saturated carbocycles. The number of rotatable bonds is 3. The van der Waals surface area contributed by atoms with Crippen molar-refractivity contribution in [3.63, 3.8) is 0 Å². The van der Waals surface area contributed by atoms with Crippen LogP contribution in [0, 0.1) is 12.8 Å². The Kier molecular flexibility index (Phi) is 3.96. The maximum atomic E-state index is 5.51. The molecule has 2 heteroatoms. The smallest absolute Gasteiger partial charge is 0.122 e. The maximum absolute atomic E-state index is 5.51. The Bertz CT molecular complexity index is 425. The van der Waals surface area contributed by atoms with Crippen molar-refractivity contribution in [2.45, 2.75) is 46.1 Å². The van der Waals surface area contributed by atoms with Crippen molar-refractivity contribution in [2.75, 3.05) is 13.7 Å². The molecule has 1 fully saturated rings. The van der Waals surface area contributed by atoms with E-state index in [0.29, 0.717) is 12.0 Å². The van der Waals surface area contributed by atoms with Crippen molar-refractivity contribution < 1.29 is 4.74 Å². The normalized spacial score (nSPS) is 23.7. The summed E-state index contributed by atoms with van der Waals surface area (Å²) in [6.07, 6.45) is 1.24. The molecule has 2 atom stereocenters. The molecule has 0 aliphatic carbocycles. The van der Waals surface area contributed by atoms with Crippen LogP contribution < -0.4 is 10.1 Å². The summed E-state index contributed by atoms with van der Waals surface area (Å²) in [7, 11) is 1.76. The molecule has 1 aromatic carbocycles. The fourth-order valence-electron chi connectivity index (χ4n) is 2.87. The van der Waals surface area contributed by atoms with Gasteiger partial charge in [-0.1, -0.05) is 26.8 Å². The minimum absolute atomic E-state index is 0.498. The van der Waals surface area contributed by atoms with Gasteiger partial charge in [0.25, 0.3) is 0 Å². The summed E-state index contributed by atoms with van der Waals surface area (Å²) in [6.45, 7) is 10.1. The van der Waals surface area contributed by atoms with Gasteiger partial charge >= 0.3 is 0 Å². The molecule has 1 aliphatic rings. The van der Waals surface area contributed by atoms with Crippen LogP contribution in [0.25, 0.3) is 0 Å². The van der Waals surface area contributed by atoms with Crippen LogP contribution in [-0.2, 0) is 0 Å². The van der Waals surface area contributed by atoms with Crippen LogP contribution in [0.5, 0.6) is 5.75 Å². The van der Waals surface area contributed by atoms with E-state index in [1.807, 2.05) is 0 Å². The van der Waals surface area contributed by atoms with E-state index in [0.717, 1.165) is 18.2 Å². The van der Waals surface area contributed by atoms with E-state index in [1.165, 1.54) is 23.1 Å². The Balaban J connectivity index is 2.38. The van der Waals surface area contributed by atoms with Gasteiger partial charge < -0.3 is 10.1 Å². The molecule has 0 spiro atoms. The van der Waals surface area contributed by atoms with E-state index < -0.39 is 0 Å². The summed E-state index contributed by atoms with van der Waals surface area (Å²) in [6, 6.07) is 5.05. The summed E-state index contributed by atoms with van der Waals surface area (Å²) in [4.78, 5) is 0. The van der Waals surface area contributed by atoms with Crippen LogP contribution in [0.2, 0.25) is 0 Å². The van der Waals surface area contributed by atoms with Crippen LogP contribution in [0.3, 0.4) is 0 Å². The first-order valence-corrected chi connectivity index (χ1v) is 6.94. The SMILES string of the molecule is COc1cc(C)c([C@H]2C[C@H](C)CN2)cc1C(C)C. The molecular weight excluding hydrogens is 222 g/mol. The molecule has 2 nitrogen and oxygen atoms in total. The zero-order valence-electron chi connectivity index (χ0n) is 12.2. The lowest BCUT2D eigenvalue weighted by Gasteiger charge is -2.20. The third-order valence-electron chi connectivity index (χ3n) is 3.97. The molecule has 0 aromatic heterocycles. The van der Waals surface area contributed by atoms with Gasteiger partial charge in [0.1, 0.15) is 5.75 Å². The third kappa shape index (κ3) is 2.54. The van der Waals surface area contributed by atoms with E-state index in [1.54, 1.807) is 7.11 Å². The highest BCUT2D eigenvalue weighted by Crippen LogP contribution is 2.35. The maximum Gasteiger partial charge on any atom is 0.122 e. The Morgan fingerprint density at radius 3 is 2.56 bits per heavy atom. The van der Waals surface area contributed by atoms with Gasteiger partial charge in [0.2, 0.25) is 0 Å². The Morgan fingerprint density at radius 2 is 2.06 bits per heavy atom. The Hall–Kier alpha value is -1.02. The van der Waals surface area contributed by atoms with Crippen molar-refractivity contribution in [2.24, 2.45) is 5.92 Å². The van der Waals surface area contributed by atoms with Crippen LogP contribution in [0.1, 0.15) is 55.8 Å². The predicted octanol–water partition coefficient (Wildman–Crippen LogP) is 3.80. The Labute approximate surface area is 111 Å². The summed E-state index contributed by atoms with van der Waals surface area (Å²) >= 11 is 0. The van der Waals surface area contributed by atoms with Crippen molar-refractivity contribution in [3.05, 3.63) is 28.8 Å². The van der Waals surface area contributed by atoms with Gasteiger partial charge in [-0.2, -0.15) is 0 Å². The second-order valence-corrected chi connectivity index (χ2v) is 5.91. The number of ether oxygens (including phenoxy) is 1. The standard InChI is InChI=1S/C16H25NO/c1-10(2)13-8-14(12(4)7-16(13)18-5)15-6-11(3)9-17-15/h7-8,10-11,15,17H,6,9H2,1-5H3/t11-,15+/m0/s1. The summed E-state index contributed by atoms with van der Waals surface area (Å²) in [5, 5.41) is 3.63. The zero-order chi connectivity index (χ0) is 13.3. The molecule has 1 aromatic rings. The van der Waals surface area contributed by atoms with Crippen molar-refractivity contribution in [3.8, 4) is 5.75 Å². The number of benzene rings is 1. The van der Waals surface area contributed by atoms with Crippen LogP contribution in [0.4, 0.5) is 0 Å². The van der Waals surface area contributed by atoms with Crippen LogP contribution >= 0.6 is 0 Å². The van der Waals surface area contributed by atoms with Gasteiger partial charge in [-0.05, 0) is 54.5 Å². The molecule has 0 amide bonds. The monoisotopic (exact) mass is 247 g/mol. The van der Waals surface area contributed by atoms with E-state index in [2.05, 4.69) is 45.1 Å². The number of aryl methyl sites for hydroxylation is 1. The molecule has 1 N–H and O–H groups in total. The molecule has 0 unspecified atom stereocenters. The van der Waals surface area contributed by atoms with E-state index >= 15 is 0 Å². The van der Waals surface area contributed by atoms with Gasteiger partial charge in [0, 0.05) is 6.04 Å². The lowest BCUT2D eigenvalue weighted by molar-refractivity contribution is 0.406. The molecule has 1 aliphatic heterocycles. The average Bonchev–Trinajstić information content (AvgIpc) is 2.74.